The van der Waals surface area contributed by atoms with Crippen molar-refractivity contribution in [3.63, 3.8) is 0 Å². The van der Waals surface area contributed by atoms with Gasteiger partial charge < -0.3 is 35.7 Å². The van der Waals surface area contributed by atoms with Gasteiger partial charge in [-0.15, -0.1) is 0 Å². The molecule has 6 N–H and O–H groups in total. The first-order chi connectivity index (χ1) is 14.4. The number of hydrogen-bond donors (Lipinski definition) is 5. The summed E-state index contributed by atoms with van der Waals surface area (Å²) < 4.78 is 10.7. The molecule has 0 rings (SSSR count). The zero-order valence-corrected chi connectivity index (χ0v) is 20.3. The Balaban J connectivity index is 5.37. The molecule has 0 aromatic rings. The van der Waals surface area contributed by atoms with E-state index in [0.717, 1.165) is 0 Å². The largest absolute Gasteiger partial charge is 0.479 e. The molecule has 0 radical (unpaired) electrons. The van der Waals surface area contributed by atoms with Crippen LogP contribution in [0.4, 0.5) is 0 Å². The first kappa shape index (κ1) is 30.0. The Morgan fingerprint density at radius 2 is 1.66 bits per heavy atom. The van der Waals surface area contributed by atoms with E-state index in [-0.39, 0.29) is 0 Å². The summed E-state index contributed by atoms with van der Waals surface area (Å²) in [4.78, 5) is 35.5. The van der Waals surface area contributed by atoms with E-state index in [9.17, 15) is 30.0 Å². The lowest BCUT2D eigenvalue weighted by Gasteiger charge is -2.42. The smallest absolute Gasteiger partial charge is 0.339 e. The van der Waals surface area contributed by atoms with Crippen LogP contribution < -0.4 is 5.73 Å². The van der Waals surface area contributed by atoms with Crippen molar-refractivity contribution in [1.82, 2.24) is 0 Å². The number of carbonyl (C=O) groups is 2. The van der Waals surface area contributed by atoms with Gasteiger partial charge in [0.05, 0.1) is 0 Å². The van der Waals surface area contributed by atoms with E-state index in [2.05, 4.69) is 15.0 Å². The highest BCUT2D eigenvalue weighted by Gasteiger charge is 2.51. The number of aliphatic hydroxyl groups is 3. The number of ether oxygens (including phenoxy) is 1. The third kappa shape index (κ3) is 8.52. The molecule has 0 fully saturated rings. The first-order valence-corrected chi connectivity index (χ1v) is 12.6. The zero-order chi connectivity index (χ0) is 25.5. The summed E-state index contributed by atoms with van der Waals surface area (Å²) in [6.45, 7) is 10.8. The van der Waals surface area contributed by atoms with Crippen molar-refractivity contribution in [2.75, 3.05) is 6.61 Å². The number of carboxylic acids is 1. The summed E-state index contributed by atoms with van der Waals surface area (Å²) in [7, 11) is -3.12. The van der Waals surface area contributed by atoms with E-state index in [0.29, 0.717) is 0 Å². The quantitative estimate of drug-likeness (QED) is 0.0458. The van der Waals surface area contributed by atoms with Crippen LogP contribution in [-0.4, -0.2) is 83.3 Å². The molecular formula is C17H34N4O10Si. The molecule has 5 atom stereocenters. The summed E-state index contributed by atoms with van der Waals surface area (Å²) in [5.41, 5.74) is 13.4. The topological polar surface area (TPSA) is 227 Å². The van der Waals surface area contributed by atoms with Crippen LogP contribution in [0, 0.1) is 0 Å². The number of azide groups is 1. The lowest BCUT2D eigenvalue weighted by atomic mass is 10.0. The van der Waals surface area contributed by atoms with E-state index in [1.165, 1.54) is 0 Å². The Kier molecular flexibility index (Phi) is 11.0. The second kappa shape index (κ2) is 11.8. The van der Waals surface area contributed by atoms with E-state index >= 15 is 0 Å². The molecule has 0 spiro atoms. The Morgan fingerprint density at radius 1 is 1.12 bits per heavy atom. The van der Waals surface area contributed by atoms with Crippen LogP contribution in [0.1, 0.15) is 34.6 Å². The number of hydrogen-bond acceptors (Lipinski definition) is 11. The summed E-state index contributed by atoms with van der Waals surface area (Å²) in [5, 5.41) is 40.9. The molecule has 0 aliphatic carbocycles. The number of nitrogens with zero attached hydrogens (tertiary/aromatic N) is 3. The summed E-state index contributed by atoms with van der Waals surface area (Å²) in [5.74, 6) is -2.38. The van der Waals surface area contributed by atoms with Crippen LogP contribution in [-0.2, 0) is 28.6 Å². The van der Waals surface area contributed by atoms with Crippen LogP contribution in [0.2, 0.25) is 18.1 Å². The standard InChI is InChI=1S/C17H34N4O10Si/c1-16(2,3)29-15(27)13(18)17(4,5)32(6,7)31-30-12(14(25)26)11(24)10(23)9(22)8-28-21-20-19/h9-13,22-24H,8,18H2,1-7H3,(H,25,26)/t9?,10?,11-,12?,13+/m1/s1. The number of carboxylic acid groups (broad SMARTS) is 1. The van der Waals surface area contributed by atoms with Gasteiger partial charge in [0.25, 0.3) is 0 Å². The molecule has 186 valence electrons. The minimum absolute atomic E-state index is 0.680. The molecule has 32 heavy (non-hydrogen) atoms. The van der Waals surface area contributed by atoms with Gasteiger partial charge in [0, 0.05) is 9.95 Å². The fourth-order valence-corrected chi connectivity index (χ4v) is 3.62. The van der Waals surface area contributed by atoms with Crippen molar-refractivity contribution in [3.05, 3.63) is 10.4 Å². The maximum absolute atomic E-state index is 12.4. The van der Waals surface area contributed by atoms with Crippen molar-refractivity contribution < 1.29 is 49.1 Å². The SMILES string of the molecule is CC(C)(C)OC(=O)[C@H](N)C(C)(C)[Si](C)(C)OOC(C(=O)O)[C@H](O)C(O)C(O)CON=[N+]=[N-]. The highest BCUT2D eigenvalue weighted by Crippen LogP contribution is 2.41. The van der Waals surface area contributed by atoms with Gasteiger partial charge in [0.1, 0.15) is 41.8 Å². The normalized spacial score (nSPS) is 17.3. The average molecular weight is 483 g/mol. The highest BCUT2D eigenvalue weighted by atomic mass is 28.4. The van der Waals surface area contributed by atoms with Crippen LogP contribution in [0.5, 0.6) is 0 Å². The molecule has 0 heterocycles. The highest BCUT2D eigenvalue weighted by molar-refractivity contribution is 6.74. The van der Waals surface area contributed by atoms with Crippen molar-refractivity contribution >= 4 is 20.3 Å². The number of carbonyl (C=O) groups excluding carboxylic acids is 1. The van der Waals surface area contributed by atoms with Crippen molar-refractivity contribution in [1.29, 1.82) is 0 Å². The maximum Gasteiger partial charge on any atom is 0.339 e. The number of rotatable bonds is 13. The van der Waals surface area contributed by atoms with Gasteiger partial charge >= 0.3 is 11.9 Å². The van der Waals surface area contributed by atoms with Gasteiger partial charge in [-0.25, -0.2) is 9.68 Å². The molecule has 0 saturated carbocycles. The number of nitrogens with two attached hydrogens (primary N) is 1. The van der Waals surface area contributed by atoms with Gasteiger partial charge in [-0.1, -0.05) is 13.8 Å². The minimum Gasteiger partial charge on any atom is -0.479 e. The van der Waals surface area contributed by atoms with Crippen molar-refractivity contribution in [3.8, 4) is 0 Å². The van der Waals surface area contributed by atoms with Gasteiger partial charge in [-0.2, -0.15) is 0 Å². The molecule has 0 aliphatic heterocycles. The molecule has 0 saturated heterocycles. The van der Waals surface area contributed by atoms with Gasteiger partial charge in [0.15, 0.2) is 0 Å². The van der Waals surface area contributed by atoms with Gasteiger partial charge in [-0.05, 0) is 39.4 Å². The van der Waals surface area contributed by atoms with Crippen LogP contribution in [0.25, 0.3) is 10.4 Å². The summed E-state index contributed by atoms with van der Waals surface area (Å²) in [6.07, 6.45) is -8.11. The van der Waals surface area contributed by atoms with Gasteiger partial charge in [-0.3, -0.25) is 9.37 Å². The fourth-order valence-electron chi connectivity index (χ4n) is 2.20. The first-order valence-electron chi connectivity index (χ1n) is 9.65. The van der Waals surface area contributed by atoms with E-state index < -0.39 is 68.0 Å². The Morgan fingerprint density at radius 3 is 2.09 bits per heavy atom. The van der Waals surface area contributed by atoms with E-state index in [1.54, 1.807) is 47.7 Å². The number of esters is 1. The maximum atomic E-state index is 12.4. The number of aliphatic carboxylic acids is 1. The molecular weight excluding hydrogens is 448 g/mol. The second-order valence-corrected chi connectivity index (χ2v) is 13.7. The molecule has 0 aromatic carbocycles. The molecule has 0 aliphatic rings. The molecule has 15 heteroatoms. The average Bonchev–Trinajstić information content (AvgIpc) is 2.64. The Labute approximate surface area is 186 Å². The Bertz CT molecular complexity index is 693. The predicted octanol–water partition coefficient (Wildman–Crippen LogP) is 0.367. The Hall–Kier alpha value is -1.97. The lowest BCUT2D eigenvalue weighted by molar-refractivity contribution is -0.286. The minimum atomic E-state index is -3.12. The monoisotopic (exact) mass is 482 g/mol. The van der Waals surface area contributed by atoms with E-state index in [1.807, 2.05) is 0 Å². The van der Waals surface area contributed by atoms with Crippen molar-refractivity contribution in [2.45, 2.75) is 88.8 Å². The predicted molar refractivity (Wildman–Crippen MR) is 112 cm³/mol. The third-order valence-corrected chi connectivity index (χ3v) is 8.91. The van der Waals surface area contributed by atoms with Crippen molar-refractivity contribution in [2.24, 2.45) is 11.0 Å². The fraction of sp³-hybridized carbons (Fsp3) is 0.882. The second-order valence-electron chi connectivity index (χ2n) is 9.20. The molecule has 0 bridgehead atoms. The van der Waals surface area contributed by atoms with Crippen LogP contribution in [0.15, 0.2) is 5.28 Å². The third-order valence-electron chi connectivity index (χ3n) is 4.99. The number of aliphatic hydroxyl groups excluding tert-OH is 3. The van der Waals surface area contributed by atoms with E-state index in [4.69, 9.17) is 25.5 Å². The van der Waals surface area contributed by atoms with Crippen LogP contribution >= 0.6 is 0 Å². The molecule has 3 unspecified atom stereocenters. The van der Waals surface area contributed by atoms with Gasteiger partial charge in [0.2, 0.25) is 14.4 Å². The molecule has 0 aromatic heterocycles. The summed E-state index contributed by atoms with van der Waals surface area (Å²) in [6, 6.07) is -1.13. The summed E-state index contributed by atoms with van der Waals surface area (Å²) >= 11 is 0. The van der Waals surface area contributed by atoms with Crippen LogP contribution in [0.3, 0.4) is 0 Å². The molecule has 0 amide bonds. The molecule has 14 nitrogen and oxygen atoms in total. The zero-order valence-electron chi connectivity index (χ0n) is 19.3. The lowest BCUT2D eigenvalue weighted by Crippen LogP contribution is -2.57.